The van der Waals surface area contributed by atoms with Gasteiger partial charge in [0, 0.05) is 6.54 Å². The fraction of sp³-hybridized carbons (Fsp3) is 0.875. The van der Waals surface area contributed by atoms with Crippen molar-refractivity contribution in [3.8, 4) is 0 Å². The van der Waals surface area contributed by atoms with Gasteiger partial charge in [0.1, 0.15) is 0 Å². The third-order valence-electron chi connectivity index (χ3n) is 2.26. The van der Waals surface area contributed by atoms with Gasteiger partial charge in [-0.15, -0.1) is 0 Å². The fourth-order valence-corrected chi connectivity index (χ4v) is 1.49. The number of hydrazine groups is 1. The van der Waals surface area contributed by atoms with E-state index >= 15 is 0 Å². The lowest BCUT2D eigenvalue weighted by Crippen LogP contribution is -2.42. The van der Waals surface area contributed by atoms with Crippen LogP contribution in [0.5, 0.6) is 0 Å². The van der Waals surface area contributed by atoms with Crippen LogP contribution in [0.4, 0.5) is 0 Å². The van der Waals surface area contributed by atoms with Gasteiger partial charge in [-0.2, -0.15) is 5.10 Å². The maximum absolute atomic E-state index is 10.6. The number of hydrogen-bond donors (Lipinski definition) is 0. The second-order valence-electron chi connectivity index (χ2n) is 3.25. The predicted molar refractivity (Wildman–Crippen MR) is 53.0 cm³/mol. The Morgan fingerprint density at radius 1 is 1.57 bits per heavy atom. The summed E-state index contributed by atoms with van der Waals surface area (Å²) in [6, 6.07) is 0. The first kappa shape index (κ1) is 10.7. The Balaban J connectivity index is 2.55. The summed E-state index contributed by atoms with van der Waals surface area (Å²) in [7, 11) is 0. The lowest BCUT2D eigenvalue weighted by Gasteiger charge is -2.23. The molecule has 0 N–H and O–H groups in total. The Morgan fingerprint density at radius 2 is 2.29 bits per heavy atom. The lowest BCUT2D eigenvalue weighted by molar-refractivity contribution is -0.638. The van der Waals surface area contributed by atoms with Gasteiger partial charge < -0.3 is 0 Å². The van der Waals surface area contributed by atoms with Gasteiger partial charge in [0.15, 0.2) is 17.5 Å². The summed E-state index contributed by atoms with van der Waals surface area (Å²) in [6.45, 7) is 4.80. The van der Waals surface area contributed by atoms with E-state index in [2.05, 4.69) is 12.0 Å². The highest BCUT2D eigenvalue weighted by atomic mass is 16.7. The largest absolute Gasteiger partial charge is 0.267 e. The van der Waals surface area contributed by atoms with Gasteiger partial charge in [-0.1, -0.05) is 25.3 Å². The number of rotatable bonds is 5. The minimum atomic E-state index is -0.413. The van der Waals surface area contributed by atoms with Crippen LogP contribution in [0.25, 0.3) is 0 Å². The molecule has 80 valence electrons. The maximum Gasteiger partial charge on any atom is 0.182 e. The minimum absolute atomic E-state index is 0.212. The molecule has 0 spiro atoms. The highest BCUT2D eigenvalue weighted by molar-refractivity contribution is 5.55. The molecule has 1 atom stereocenters. The van der Waals surface area contributed by atoms with Crippen molar-refractivity contribution in [3.63, 3.8) is 0 Å². The number of nitro groups is 1. The van der Waals surface area contributed by atoms with Gasteiger partial charge in [0.2, 0.25) is 0 Å². The quantitative estimate of drug-likeness (QED) is 0.495. The monoisotopic (exact) mass is 200 g/mol. The molecule has 0 amide bonds. The number of unbranched alkanes of at least 4 members (excludes halogenated alkanes) is 1. The summed E-state index contributed by atoms with van der Waals surface area (Å²) in [6.07, 6.45) is 3.87. The van der Waals surface area contributed by atoms with E-state index < -0.39 is 5.03 Å². The number of hydrazone groups is 1. The molecule has 0 aromatic rings. The zero-order chi connectivity index (χ0) is 10.6. The molecule has 1 rings (SSSR count). The second kappa shape index (κ2) is 4.78. The first-order valence-electron chi connectivity index (χ1n) is 4.94. The Kier molecular flexibility index (Phi) is 3.67. The molecule has 1 aliphatic rings. The average Bonchev–Trinajstić information content (AvgIpc) is 2.57. The van der Waals surface area contributed by atoms with Crippen LogP contribution in [0.3, 0.4) is 0 Å². The number of hydrogen-bond acceptors (Lipinski definition) is 4. The highest BCUT2D eigenvalue weighted by Crippen LogP contribution is 2.15. The van der Waals surface area contributed by atoms with Crippen LogP contribution in [0, 0.1) is 10.1 Å². The molecular formula is C8H16N4O2. The molecule has 0 radical (unpaired) electrons. The summed E-state index contributed by atoms with van der Waals surface area (Å²) in [5, 5.41) is 17.1. The molecule has 0 saturated carbocycles. The Bertz CT molecular complexity index is 231. The molecule has 1 heterocycles. The van der Waals surface area contributed by atoms with Crippen LogP contribution in [-0.2, 0) is 0 Å². The second-order valence-corrected chi connectivity index (χ2v) is 3.25. The van der Waals surface area contributed by atoms with Gasteiger partial charge in [-0.05, 0) is 12.8 Å². The van der Waals surface area contributed by atoms with Crippen molar-refractivity contribution in [2.75, 3.05) is 6.54 Å². The van der Waals surface area contributed by atoms with Gasteiger partial charge in [-0.3, -0.25) is 5.01 Å². The minimum Gasteiger partial charge on any atom is -0.267 e. The smallest absolute Gasteiger partial charge is 0.182 e. The van der Waals surface area contributed by atoms with E-state index in [4.69, 9.17) is 0 Å². The van der Waals surface area contributed by atoms with Crippen molar-refractivity contribution < 1.29 is 5.03 Å². The van der Waals surface area contributed by atoms with Crippen LogP contribution in [-0.4, -0.2) is 34.1 Å². The molecule has 0 bridgehead atoms. The van der Waals surface area contributed by atoms with Crippen LogP contribution in [0.15, 0.2) is 5.10 Å². The SMILES string of the molecule is CCCCN1N=CN([N+](=O)[O-])C1CC. The standard InChI is InChI=1S/C8H16N4O2/c1-3-5-6-10-8(4-2)11(7-9-10)12(13)14/h7-8H,3-6H2,1-2H3. The van der Waals surface area contributed by atoms with Crippen molar-refractivity contribution in [1.29, 1.82) is 0 Å². The molecule has 1 aliphatic heterocycles. The van der Waals surface area contributed by atoms with E-state index in [9.17, 15) is 10.1 Å². The van der Waals surface area contributed by atoms with Crippen LogP contribution >= 0.6 is 0 Å². The first-order chi connectivity index (χ1) is 6.70. The maximum atomic E-state index is 10.6. The van der Waals surface area contributed by atoms with Gasteiger partial charge in [0.25, 0.3) is 0 Å². The molecule has 0 aliphatic carbocycles. The van der Waals surface area contributed by atoms with Crippen molar-refractivity contribution in [2.45, 2.75) is 39.3 Å². The van der Waals surface area contributed by atoms with E-state index in [0.717, 1.165) is 24.4 Å². The number of nitrogens with zero attached hydrogens (tertiary/aromatic N) is 4. The molecule has 6 nitrogen and oxygen atoms in total. The highest BCUT2D eigenvalue weighted by Gasteiger charge is 2.33. The van der Waals surface area contributed by atoms with Crippen molar-refractivity contribution in [1.82, 2.24) is 10.0 Å². The fourth-order valence-electron chi connectivity index (χ4n) is 1.49. The molecular weight excluding hydrogens is 184 g/mol. The van der Waals surface area contributed by atoms with E-state index in [-0.39, 0.29) is 6.17 Å². The van der Waals surface area contributed by atoms with Crippen LogP contribution in [0.2, 0.25) is 0 Å². The summed E-state index contributed by atoms with van der Waals surface area (Å²) in [5.41, 5.74) is 0. The summed E-state index contributed by atoms with van der Waals surface area (Å²) in [4.78, 5) is 10.6. The third kappa shape index (κ3) is 2.12. The van der Waals surface area contributed by atoms with E-state index in [1.54, 1.807) is 5.01 Å². The summed E-state index contributed by atoms with van der Waals surface area (Å²) >= 11 is 0. The molecule has 1 unspecified atom stereocenters. The molecule has 6 heteroatoms. The normalized spacial score (nSPS) is 20.6. The summed E-state index contributed by atoms with van der Waals surface area (Å²) < 4.78 is 0. The Labute approximate surface area is 83.3 Å². The Morgan fingerprint density at radius 3 is 2.79 bits per heavy atom. The summed E-state index contributed by atoms with van der Waals surface area (Å²) in [5.74, 6) is 0. The van der Waals surface area contributed by atoms with Crippen LogP contribution in [0.1, 0.15) is 33.1 Å². The van der Waals surface area contributed by atoms with Gasteiger partial charge in [0.05, 0.1) is 0 Å². The van der Waals surface area contributed by atoms with Crippen LogP contribution < -0.4 is 0 Å². The Hall–Kier alpha value is -1.33. The van der Waals surface area contributed by atoms with E-state index in [0.29, 0.717) is 6.42 Å². The van der Waals surface area contributed by atoms with E-state index in [1.165, 1.54) is 6.34 Å². The molecule has 0 aromatic carbocycles. The first-order valence-corrected chi connectivity index (χ1v) is 4.94. The van der Waals surface area contributed by atoms with Crippen molar-refractivity contribution >= 4 is 6.34 Å². The third-order valence-corrected chi connectivity index (χ3v) is 2.26. The average molecular weight is 200 g/mol. The van der Waals surface area contributed by atoms with Crippen molar-refractivity contribution in [3.05, 3.63) is 10.1 Å². The van der Waals surface area contributed by atoms with E-state index in [1.807, 2.05) is 6.92 Å². The predicted octanol–water partition coefficient (Wildman–Crippen LogP) is 1.28. The van der Waals surface area contributed by atoms with Gasteiger partial charge in [-0.25, -0.2) is 10.1 Å². The lowest BCUT2D eigenvalue weighted by atomic mass is 10.3. The molecule has 0 aromatic heterocycles. The molecule has 0 saturated heterocycles. The van der Waals surface area contributed by atoms with Gasteiger partial charge >= 0.3 is 0 Å². The van der Waals surface area contributed by atoms with Crippen molar-refractivity contribution in [2.24, 2.45) is 5.10 Å². The zero-order valence-corrected chi connectivity index (χ0v) is 8.59. The molecule has 14 heavy (non-hydrogen) atoms. The molecule has 0 fully saturated rings. The zero-order valence-electron chi connectivity index (χ0n) is 8.59. The topological polar surface area (TPSA) is 62.0 Å².